The number of thiol groups is 1. The first-order valence-corrected chi connectivity index (χ1v) is 13.8. The third-order valence-corrected chi connectivity index (χ3v) is 7.61. The van der Waals surface area contributed by atoms with Crippen molar-refractivity contribution in [3.8, 4) is 0 Å². The van der Waals surface area contributed by atoms with Crippen molar-refractivity contribution in [1.29, 1.82) is 0 Å². The molecule has 4 aromatic carbocycles. The monoisotopic (exact) mass is 538 g/mol. The van der Waals surface area contributed by atoms with Crippen LogP contribution < -0.4 is 4.72 Å². The van der Waals surface area contributed by atoms with Crippen molar-refractivity contribution >= 4 is 41.6 Å². The van der Waals surface area contributed by atoms with Crippen molar-refractivity contribution < 1.29 is 4.79 Å². The van der Waals surface area contributed by atoms with Gasteiger partial charge in [0.2, 0.25) is 0 Å². The lowest BCUT2D eigenvalue weighted by atomic mass is 9.97. The Bertz CT molecular complexity index is 1460. The summed E-state index contributed by atoms with van der Waals surface area (Å²) in [6.45, 7) is 0.754. The molecular weight excluding hydrogens is 508 g/mol. The molecule has 0 atom stereocenters. The lowest BCUT2D eigenvalue weighted by Crippen LogP contribution is -2.18. The molecule has 0 aliphatic rings. The molecule has 0 saturated carbocycles. The van der Waals surface area contributed by atoms with Crippen LogP contribution in [-0.4, -0.2) is 17.4 Å². The minimum Gasteiger partial charge on any atom is -0.333 e. The highest BCUT2D eigenvalue weighted by atomic mass is 35.5. The molecule has 0 aliphatic heterocycles. The number of carbonyl (C=O) groups excluding carboxylic acids is 1. The van der Waals surface area contributed by atoms with Gasteiger partial charge in [0, 0.05) is 40.1 Å². The molecule has 38 heavy (non-hydrogen) atoms. The third kappa shape index (κ3) is 5.73. The zero-order valence-corrected chi connectivity index (χ0v) is 22.8. The number of carbonyl (C=O) groups is 1. The second kappa shape index (κ2) is 12.5. The number of aromatic nitrogens is 1. The summed E-state index contributed by atoms with van der Waals surface area (Å²) in [4.78, 5) is 11.0. The minimum absolute atomic E-state index is 0.0284. The van der Waals surface area contributed by atoms with Crippen molar-refractivity contribution in [3.05, 3.63) is 142 Å². The van der Waals surface area contributed by atoms with Crippen molar-refractivity contribution in [2.45, 2.75) is 31.7 Å². The van der Waals surface area contributed by atoms with E-state index in [4.69, 9.17) is 11.6 Å². The van der Waals surface area contributed by atoms with Gasteiger partial charge in [-0.3, -0.25) is 9.52 Å². The maximum absolute atomic E-state index is 11.0. The van der Waals surface area contributed by atoms with Gasteiger partial charge in [-0.25, -0.2) is 0 Å². The number of hydrogen-bond acceptors (Lipinski definition) is 3. The van der Waals surface area contributed by atoms with Gasteiger partial charge in [0.25, 0.3) is 0 Å². The number of nitrogens with zero attached hydrogens (tertiary/aromatic N) is 1. The van der Waals surface area contributed by atoms with Crippen LogP contribution in [0.1, 0.15) is 50.8 Å². The van der Waals surface area contributed by atoms with E-state index in [1.165, 1.54) is 38.9 Å². The Labute approximate surface area is 235 Å². The fourth-order valence-corrected chi connectivity index (χ4v) is 5.70. The van der Waals surface area contributed by atoms with E-state index in [1.807, 2.05) is 18.2 Å². The zero-order valence-electron chi connectivity index (χ0n) is 21.2. The first kappa shape index (κ1) is 26.3. The zero-order chi connectivity index (χ0) is 26.3. The number of halogens is 1. The average molecular weight is 539 g/mol. The van der Waals surface area contributed by atoms with Crippen LogP contribution in [0.25, 0.3) is 10.9 Å². The summed E-state index contributed by atoms with van der Waals surface area (Å²) in [5.41, 5.74) is 8.26. The second-order valence-electron chi connectivity index (χ2n) is 9.55. The molecule has 5 aromatic rings. The highest BCUT2D eigenvalue weighted by Crippen LogP contribution is 2.38. The van der Waals surface area contributed by atoms with Crippen LogP contribution in [0.15, 0.2) is 103 Å². The Morgan fingerprint density at radius 3 is 2.08 bits per heavy atom. The SMILES string of the molecule is O=Cc1ccc(CCCc2c(CCNS)n(C(c3ccccc3)c3ccccc3)c3ccc(Cl)cc23)cc1. The molecule has 0 spiro atoms. The molecule has 0 fully saturated rings. The van der Waals surface area contributed by atoms with Gasteiger partial charge >= 0.3 is 0 Å². The highest BCUT2D eigenvalue weighted by Gasteiger charge is 2.25. The summed E-state index contributed by atoms with van der Waals surface area (Å²) in [5.74, 6) is 0. The Morgan fingerprint density at radius 1 is 0.816 bits per heavy atom. The van der Waals surface area contributed by atoms with Crippen LogP contribution in [0.4, 0.5) is 0 Å². The van der Waals surface area contributed by atoms with Crippen LogP contribution >= 0.6 is 24.4 Å². The van der Waals surface area contributed by atoms with Gasteiger partial charge in [0.05, 0.1) is 6.04 Å². The van der Waals surface area contributed by atoms with Gasteiger partial charge in [0.1, 0.15) is 6.29 Å². The summed E-state index contributed by atoms with van der Waals surface area (Å²) in [5, 5.41) is 1.95. The third-order valence-electron chi connectivity index (χ3n) is 7.15. The first-order valence-electron chi connectivity index (χ1n) is 13.0. The number of nitrogens with one attached hydrogen (secondary N) is 1. The molecule has 0 amide bonds. The van der Waals surface area contributed by atoms with E-state index in [1.54, 1.807) is 0 Å². The predicted octanol–water partition coefficient (Wildman–Crippen LogP) is 7.90. The first-order chi connectivity index (χ1) is 18.7. The molecule has 1 aromatic heterocycles. The van der Waals surface area contributed by atoms with Crippen molar-refractivity contribution in [1.82, 2.24) is 9.29 Å². The maximum atomic E-state index is 11.0. The van der Waals surface area contributed by atoms with E-state index in [0.717, 1.165) is 43.5 Å². The second-order valence-corrected chi connectivity index (χ2v) is 10.3. The van der Waals surface area contributed by atoms with Crippen LogP contribution in [0.5, 0.6) is 0 Å². The lowest BCUT2D eigenvalue weighted by Gasteiger charge is -2.25. The van der Waals surface area contributed by atoms with Crippen molar-refractivity contribution in [2.24, 2.45) is 0 Å². The number of hydrogen-bond donors (Lipinski definition) is 2. The highest BCUT2D eigenvalue weighted by molar-refractivity contribution is 7.78. The van der Waals surface area contributed by atoms with Gasteiger partial charge in [-0.2, -0.15) is 0 Å². The summed E-state index contributed by atoms with van der Waals surface area (Å²) < 4.78 is 5.57. The smallest absolute Gasteiger partial charge is 0.150 e. The quantitative estimate of drug-likeness (QED) is 0.132. The van der Waals surface area contributed by atoms with Crippen LogP contribution in [-0.2, 0) is 19.3 Å². The summed E-state index contributed by atoms with van der Waals surface area (Å²) in [6.07, 6.45) is 4.60. The van der Waals surface area contributed by atoms with Crippen molar-refractivity contribution in [3.63, 3.8) is 0 Å². The molecule has 0 unspecified atom stereocenters. The van der Waals surface area contributed by atoms with Crippen molar-refractivity contribution in [2.75, 3.05) is 6.54 Å². The predicted molar refractivity (Wildman–Crippen MR) is 162 cm³/mol. The van der Waals surface area contributed by atoms with Gasteiger partial charge in [-0.15, -0.1) is 0 Å². The summed E-state index contributed by atoms with van der Waals surface area (Å²) in [6, 6.07) is 35.6. The normalized spacial score (nSPS) is 11.3. The fourth-order valence-electron chi connectivity index (χ4n) is 5.42. The average Bonchev–Trinajstić information content (AvgIpc) is 3.25. The number of aldehydes is 1. The van der Waals surface area contributed by atoms with E-state index >= 15 is 0 Å². The lowest BCUT2D eigenvalue weighted by molar-refractivity contribution is 0.112. The number of aryl methyl sites for hydroxylation is 2. The molecule has 192 valence electrons. The number of rotatable bonds is 11. The largest absolute Gasteiger partial charge is 0.333 e. The molecule has 5 rings (SSSR count). The van der Waals surface area contributed by atoms with Gasteiger partial charge in [-0.05, 0) is 59.7 Å². The molecule has 5 heteroatoms. The Balaban J connectivity index is 1.62. The van der Waals surface area contributed by atoms with Gasteiger partial charge in [0.15, 0.2) is 0 Å². The molecule has 1 heterocycles. The standard InChI is InChI=1S/C33H31ClN2OS/c34-28-18-19-31-30(22-28)29(13-7-8-24-14-16-25(23-37)17-15-24)32(20-21-35-38)36(31)33(26-9-3-1-4-10-26)27-11-5-2-6-12-27/h1-6,9-12,14-19,22-23,33,35,38H,7-8,13,20-21H2. The molecule has 0 saturated heterocycles. The topological polar surface area (TPSA) is 34.0 Å². The van der Waals surface area contributed by atoms with E-state index in [2.05, 4.69) is 107 Å². The number of benzene rings is 4. The van der Waals surface area contributed by atoms with E-state index in [-0.39, 0.29) is 6.04 Å². The van der Waals surface area contributed by atoms with E-state index in [0.29, 0.717) is 5.56 Å². The van der Waals surface area contributed by atoms with Crippen LogP contribution in [0.2, 0.25) is 5.02 Å². The molecule has 0 bridgehead atoms. The van der Waals surface area contributed by atoms with Crippen LogP contribution in [0, 0.1) is 0 Å². The fraction of sp³-hybridized carbons (Fsp3) is 0.182. The summed E-state index contributed by atoms with van der Waals surface area (Å²) in [7, 11) is 0. The molecule has 0 aliphatic carbocycles. The summed E-state index contributed by atoms with van der Waals surface area (Å²) >= 11 is 10.9. The maximum Gasteiger partial charge on any atom is 0.150 e. The Morgan fingerprint density at radius 2 is 1.47 bits per heavy atom. The molecule has 1 N–H and O–H groups in total. The van der Waals surface area contributed by atoms with Gasteiger partial charge in [-0.1, -0.05) is 109 Å². The Hall–Kier alpha value is -3.31. The minimum atomic E-state index is 0.0284. The van der Waals surface area contributed by atoms with E-state index < -0.39 is 0 Å². The van der Waals surface area contributed by atoms with Gasteiger partial charge < -0.3 is 4.57 Å². The molecule has 0 radical (unpaired) electrons. The molecular formula is C33H31ClN2OS. The Kier molecular flexibility index (Phi) is 8.65. The number of fused-ring (bicyclic) bond motifs is 1. The van der Waals surface area contributed by atoms with Crippen LogP contribution in [0.3, 0.4) is 0 Å². The van der Waals surface area contributed by atoms with E-state index in [9.17, 15) is 4.79 Å². The molecule has 3 nitrogen and oxygen atoms in total.